The van der Waals surface area contributed by atoms with Crippen LogP contribution < -0.4 is 11.1 Å². The van der Waals surface area contributed by atoms with Crippen LogP contribution >= 0.6 is 0 Å². The van der Waals surface area contributed by atoms with Crippen molar-refractivity contribution in [1.82, 2.24) is 4.90 Å². The van der Waals surface area contributed by atoms with Gasteiger partial charge in [-0.25, -0.2) is 0 Å². The maximum absolute atomic E-state index is 9.64. The molecule has 0 aromatic heterocycles. The van der Waals surface area contributed by atoms with Crippen molar-refractivity contribution < 1.29 is 5.11 Å². The van der Waals surface area contributed by atoms with Gasteiger partial charge in [0.15, 0.2) is 0 Å². The van der Waals surface area contributed by atoms with Crippen molar-refractivity contribution in [1.29, 1.82) is 0 Å². The largest absolute Gasteiger partial charge is 0.397 e. The Morgan fingerprint density at radius 2 is 1.77 bits per heavy atom. The highest BCUT2D eigenvalue weighted by Crippen LogP contribution is 2.28. The van der Waals surface area contributed by atoms with Crippen molar-refractivity contribution in [3.63, 3.8) is 0 Å². The zero-order valence-electron chi connectivity index (χ0n) is 13.6. The van der Waals surface area contributed by atoms with Crippen LogP contribution in [0.25, 0.3) is 0 Å². The van der Waals surface area contributed by atoms with Crippen LogP contribution in [0.15, 0.2) is 18.2 Å². The minimum Gasteiger partial charge on any atom is -0.397 e. The quantitative estimate of drug-likeness (QED) is 0.751. The molecule has 0 radical (unpaired) electrons. The molecule has 1 aliphatic heterocycles. The van der Waals surface area contributed by atoms with Crippen LogP contribution in [0.5, 0.6) is 0 Å². The first-order chi connectivity index (χ1) is 10.6. The summed E-state index contributed by atoms with van der Waals surface area (Å²) < 4.78 is 0. The summed E-state index contributed by atoms with van der Waals surface area (Å²) in [5, 5.41) is 13.3. The van der Waals surface area contributed by atoms with Crippen molar-refractivity contribution in [2.24, 2.45) is 0 Å². The van der Waals surface area contributed by atoms with E-state index < -0.39 is 0 Å². The average Bonchev–Trinajstić information content (AvgIpc) is 2.53. The lowest BCUT2D eigenvalue weighted by Gasteiger charge is -2.40. The minimum atomic E-state index is -0.0558. The molecule has 4 heteroatoms. The Bertz CT molecular complexity index is 489. The normalized spacial score (nSPS) is 27.7. The fourth-order valence-corrected chi connectivity index (χ4v) is 3.85. The van der Waals surface area contributed by atoms with Crippen LogP contribution in [0.1, 0.15) is 44.1 Å². The van der Waals surface area contributed by atoms with Crippen molar-refractivity contribution in [2.75, 3.05) is 24.1 Å². The molecule has 2 aliphatic rings. The molecule has 3 rings (SSSR count). The number of nitrogen functional groups attached to an aromatic ring is 1. The van der Waals surface area contributed by atoms with Gasteiger partial charge in [-0.15, -0.1) is 0 Å². The second-order valence-electron chi connectivity index (χ2n) is 7.01. The molecule has 0 unspecified atom stereocenters. The summed E-state index contributed by atoms with van der Waals surface area (Å²) in [5.74, 6) is 0. The summed E-state index contributed by atoms with van der Waals surface area (Å²) in [7, 11) is 0. The molecule has 4 nitrogen and oxygen atoms in total. The number of anilines is 2. The van der Waals surface area contributed by atoms with Crippen molar-refractivity contribution >= 4 is 11.4 Å². The Morgan fingerprint density at radius 1 is 1.09 bits per heavy atom. The summed E-state index contributed by atoms with van der Waals surface area (Å²) in [4.78, 5) is 2.63. The Labute approximate surface area is 133 Å². The Morgan fingerprint density at radius 3 is 2.45 bits per heavy atom. The zero-order valence-corrected chi connectivity index (χ0v) is 13.6. The smallest absolute Gasteiger partial charge is 0.0578 e. The molecule has 4 N–H and O–H groups in total. The molecule has 1 saturated carbocycles. The molecule has 0 spiro atoms. The third kappa shape index (κ3) is 3.73. The highest BCUT2D eigenvalue weighted by molar-refractivity contribution is 5.67. The van der Waals surface area contributed by atoms with Crippen LogP contribution in [0, 0.1) is 6.92 Å². The van der Waals surface area contributed by atoms with E-state index in [9.17, 15) is 5.11 Å². The van der Waals surface area contributed by atoms with E-state index in [1.807, 2.05) is 6.07 Å². The molecular formula is C18H29N3O. The fraction of sp³-hybridized carbons (Fsp3) is 0.667. The SMILES string of the molecule is Cc1ccc(N)c(NC2CCN([C@H]3CC[C@H](O)CC3)CC2)c1. The lowest BCUT2D eigenvalue weighted by molar-refractivity contribution is 0.0633. The Kier molecular flexibility index (Phi) is 4.89. The first-order valence-corrected chi connectivity index (χ1v) is 8.66. The average molecular weight is 303 g/mol. The molecule has 0 atom stereocenters. The lowest BCUT2D eigenvalue weighted by atomic mass is 9.90. The van der Waals surface area contributed by atoms with Gasteiger partial charge in [0.05, 0.1) is 17.5 Å². The van der Waals surface area contributed by atoms with Gasteiger partial charge in [-0.05, 0) is 63.1 Å². The molecule has 0 bridgehead atoms. The second kappa shape index (κ2) is 6.88. The molecule has 1 saturated heterocycles. The van der Waals surface area contributed by atoms with Gasteiger partial charge in [-0.1, -0.05) is 6.07 Å². The summed E-state index contributed by atoms with van der Waals surface area (Å²) >= 11 is 0. The van der Waals surface area contributed by atoms with Crippen molar-refractivity contribution in [3.05, 3.63) is 23.8 Å². The van der Waals surface area contributed by atoms with E-state index in [4.69, 9.17) is 5.73 Å². The van der Waals surface area contributed by atoms with Crippen LogP contribution in [0.3, 0.4) is 0 Å². The van der Waals surface area contributed by atoms with Crippen LogP contribution in [-0.4, -0.2) is 41.3 Å². The number of piperidine rings is 1. The number of hydrogen-bond donors (Lipinski definition) is 3. The Hall–Kier alpha value is -1.26. The van der Waals surface area contributed by atoms with Crippen LogP contribution in [-0.2, 0) is 0 Å². The molecule has 2 fully saturated rings. The molecule has 1 heterocycles. The molecule has 1 aliphatic carbocycles. The third-order valence-electron chi connectivity index (χ3n) is 5.28. The molecular weight excluding hydrogens is 274 g/mol. The highest BCUT2D eigenvalue weighted by atomic mass is 16.3. The highest BCUT2D eigenvalue weighted by Gasteiger charge is 2.28. The number of aliphatic hydroxyl groups is 1. The van der Waals surface area contributed by atoms with Gasteiger partial charge in [-0.2, -0.15) is 0 Å². The van der Waals surface area contributed by atoms with Crippen LogP contribution in [0.4, 0.5) is 11.4 Å². The first kappa shape index (κ1) is 15.6. The van der Waals surface area contributed by atoms with Crippen molar-refractivity contribution in [3.8, 4) is 0 Å². The zero-order chi connectivity index (χ0) is 15.5. The lowest BCUT2D eigenvalue weighted by Crippen LogP contribution is -2.46. The number of nitrogens with zero attached hydrogens (tertiary/aromatic N) is 1. The number of nitrogens with one attached hydrogen (secondary N) is 1. The number of aryl methyl sites for hydroxylation is 1. The summed E-state index contributed by atoms with van der Waals surface area (Å²) in [6.45, 7) is 4.42. The second-order valence-corrected chi connectivity index (χ2v) is 7.01. The van der Waals surface area contributed by atoms with Gasteiger partial charge in [0.1, 0.15) is 0 Å². The monoisotopic (exact) mass is 303 g/mol. The number of aliphatic hydroxyl groups excluding tert-OH is 1. The van der Waals surface area contributed by atoms with Gasteiger partial charge in [-0.3, -0.25) is 0 Å². The number of rotatable bonds is 3. The standard InChI is InChI=1S/C18H29N3O/c1-13-2-7-17(19)18(12-13)20-14-8-10-21(11-9-14)15-3-5-16(22)6-4-15/h2,7,12,14-16,20,22H,3-6,8-11,19H2,1H3/t15-,16-. The maximum atomic E-state index is 9.64. The molecule has 1 aromatic rings. The summed E-state index contributed by atoms with van der Waals surface area (Å²) in [5.41, 5.74) is 9.24. The molecule has 122 valence electrons. The maximum Gasteiger partial charge on any atom is 0.0578 e. The van der Waals surface area contributed by atoms with Gasteiger partial charge in [0.2, 0.25) is 0 Å². The van der Waals surface area contributed by atoms with E-state index in [1.54, 1.807) is 0 Å². The van der Waals surface area contributed by atoms with E-state index in [1.165, 1.54) is 18.4 Å². The Balaban J connectivity index is 1.50. The number of benzene rings is 1. The van der Waals surface area contributed by atoms with E-state index >= 15 is 0 Å². The van der Waals surface area contributed by atoms with E-state index in [0.29, 0.717) is 12.1 Å². The predicted octanol–water partition coefficient (Wildman–Crippen LogP) is 2.76. The number of nitrogens with two attached hydrogens (primary N) is 1. The molecule has 0 amide bonds. The molecule has 22 heavy (non-hydrogen) atoms. The van der Waals surface area contributed by atoms with Crippen molar-refractivity contribution in [2.45, 2.75) is 63.6 Å². The summed E-state index contributed by atoms with van der Waals surface area (Å²) in [6.07, 6.45) is 6.55. The first-order valence-electron chi connectivity index (χ1n) is 8.66. The van der Waals surface area contributed by atoms with Gasteiger partial charge in [0, 0.05) is 25.2 Å². The van der Waals surface area contributed by atoms with Gasteiger partial charge in [0.25, 0.3) is 0 Å². The number of hydrogen-bond acceptors (Lipinski definition) is 4. The topological polar surface area (TPSA) is 61.5 Å². The van der Waals surface area contributed by atoms with E-state index in [-0.39, 0.29) is 6.10 Å². The van der Waals surface area contributed by atoms with Gasteiger partial charge >= 0.3 is 0 Å². The minimum absolute atomic E-state index is 0.0558. The molecule has 1 aromatic carbocycles. The summed E-state index contributed by atoms with van der Waals surface area (Å²) in [6, 6.07) is 7.40. The third-order valence-corrected chi connectivity index (χ3v) is 5.28. The number of likely N-dealkylation sites (tertiary alicyclic amines) is 1. The van der Waals surface area contributed by atoms with Gasteiger partial charge < -0.3 is 21.1 Å². The van der Waals surface area contributed by atoms with Crippen LogP contribution in [0.2, 0.25) is 0 Å². The predicted molar refractivity (Wildman–Crippen MR) is 92.1 cm³/mol. The van der Waals surface area contributed by atoms with E-state index in [2.05, 4.69) is 29.3 Å². The van der Waals surface area contributed by atoms with E-state index in [0.717, 1.165) is 50.1 Å². The fourth-order valence-electron chi connectivity index (χ4n) is 3.85.